The second-order valence-corrected chi connectivity index (χ2v) is 13.6. The molecule has 14 heteroatoms. The van der Waals surface area contributed by atoms with Gasteiger partial charge in [-0.15, -0.1) is 0 Å². The Morgan fingerprint density at radius 3 is 2.24 bits per heavy atom. The summed E-state index contributed by atoms with van der Waals surface area (Å²) < 4.78 is 34.5. The maximum atomic E-state index is 13.5. The molecule has 45 heavy (non-hydrogen) atoms. The molecule has 1 spiro atoms. The van der Waals surface area contributed by atoms with Gasteiger partial charge in [0, 0.05) is 32.8 Å². The topological polar surface area (TPSA) is 205 Å². The van der Waals surface area contributed by atoms with E-state index in [9.17, 15) is 39.3 Å². The number of esters is 5. The van der Waals surface area contributed by atoms with Gasteiger partial charge in [-0.2, -0.15) is 0 Å². The number of aliphatic hydroxyl groups is 3. The van der Waals surface area contributed by atoms with Crippen LogP contribution in [0.5, 0.6) is 0 Å². The van der Waals surface area contributed by atoms with Gasteiger partial charge in [0.1, 0.15) is 30.5 Å². The monoisotopic (exact) mass is 642 g/mol. The molecule has 2 aliphatic carbocycles. The van der Waals surface area contributed by atoms with Crippen LogP contribution in [0.15, 0.2) is 0 Å². The van der Waals surface area contributed by atoms with Gasteiger partial charge in [0.25, 0.3) is 0 Å². The SMILES string of the molecule is CC(=O)OCC12C(OC(C)=O)CC(C)C(C)(C3CC(CCO)C(=O)O3)C1CC(O)C(OC(=O)C(C)(O)C(C)OC(C)=O)C21CO1. The van der Waals surface area contributed by atoms with E-state index in [1.54, 1.807) is 0 Å². The number of fused-ring (bicyclic) bond motifs is 2. The van der Waals surface area contributed by atoms with Crippen LogP contribution in [0.3, 0.4) is 0 Å². The van der Waals surface area contributed by atoms with Crippen molar-refractivity contribution in [2.45, 2.75) is 116 Å². The summed E-state index contributed by atoms with van der Waals surface area (Å²) in [4.78, 5) is 62.7. The first-order chi connectivity index (χ1) is 20.9. The number of carbonyl (C=O) groups excluding carboxylic acids is 5. The highest BCUT2D eigenvalue weighted by Crippen LogP contribution is 2.70. The Hall–Kier alpha value is -2.81. The number of rotatable bonds is 10. The summed E-state index contributed by atoms with van der Waals surface area (Å²) in [5.41, 5.74) is -6.15. The number of carbonyl (C=O) groups is 5. The zero-order valence-electron chi connectivity index (χ0n) is 26.9. The normalized spacial score (nSPS) is 40.8. The third-order valence-electron chi connectivity index (χ3n) is 11.0. The van der Waals surface area contributed by atoms with Gasteiger partial charge in [-0.05, 0) is 51.4 Å². The molecule has 2 heterocycles. The standard InChI is InChI=1S/C31H46O14/c1-15-10-24(43-19(5)35)30(13-40-17(3)33)22(28(15,6)23-11-20(8-9-32)26(37)44-23)12-21(36)25(31(30)14-41-31)45-27(38)29(7,39)16(2)42-18(4)34/h15-16,20-25,32,36,39H,8-14H2,1-7H3. The lowest BCUT2D eigenvalue weighted by Gasteiger charge is -2.65. The van der Waals surface area contributed by atoms with Crippen LogP contribution in [0, 0.1) is 28.6 Å². The van der Waals surface area contributed by atoms with Crippen LogP contribution >= 0.6 is 0 Å². The molecule has 0 radical (unpaired) electrons. The van der Waals surface area contributed by atoms with Gasteiger partial charge < -0.3 is 43.7 Å². The summed E-state index contributed by atoms with van der Waals surface area (Å²) >= 11 is 0. The predicted octanol–water partition coefficient (Wildman–Crippen LogP) is 0.592. The summed E-state index contributed by atoms with van der Waals surface area (Å²) in [5, 5.41) is 32.3. The van der Waals surface area contributed by atoms with E-state index in [-0.39, 0.29) is 45.0 Å². The van der Waals surface area contributed by atoms with Crippen molar-refractivity contribution in [3.63, 3.8) is 0 Å². The van der Waals surface area contributed by atoms with Gasteiger partial charge in [0.05, 0.1) is 24.0 Å². The van der Waals surface area contributed by atoms with Crippen molar-refractivity contribution >= 4 is 29.8 Å². The second kappa shape index (κ2) is 12.4. The first-order valence-corrected chi connectivity index (χ1v) is 15.4. The van der Waals surface area contributed by atoms with Gasteiger partial charge in [0.15, 0.2) is 11.7 Å². The summed E-state index contributed by atoms with van der Waals surface area (Å²) in [7, 11) is 0. The number of ether oxygens (including phenoxy) is 6. The lowest BCUT2D eigenvalue weighted by Crippen LogP contribution is -2.75. The van der Waals surface area contributed by atoms with Crippen molar-refractivity contribution in [2.24, 2.45) is 28.6 Å². The van der Waals surface area contributed by atoms with E-state index in [1.807, 2.05) is 13.8 Å². The molecule has 0 bridgehead atoms. The minimum absolute atomic E-state index is 0.0662. The van der Waals surface area contributed by atoms with Crippen LogP contribution in [-0.2, 0) is 52.4 Å². The largest absolute Gasteiger partial charge is 0.465 e. The van der Waals surface area contributed by atoms with Gasteiger partial charge >= 0.3 is 29.8 Å². The lowest BCUT2D eigenvalue weighted by molar-refractivity contribution is -0.280. The molecule has 0 aromatic heterocycles. The van der Waals surface area contributed by atoms with Crippen molar-refractivity contribution in [1.82, 2.24) is 0 Å². The molecule has 2 aliphatic heterocycles. The average molecular weight is 643 g/mol. The fourth-order valence-electron chi connectivity index (χ4n) is 8.17. The molecule has 12 unspecified atom stereocenters. The number of aliphatic hydroxyl groups excluding tert-OH is 2. The lowest BCUT2D eigenvalue weighted by atomic mass is 9.41. The van der Waals surface area contributed by atoms with Gasteiger partial charge in [-0.1, -0.05) is 13.8 Å². The van der Waals surface area contributed by atoms with E-state index in [0.717, 1.165) is 13.8 Å². The Kier molecular flexibility index (Phi) is 9.67. The molecule has 4 fully saturated rings. The molecular weight excluding hydrogens is 596 g/mol. The molecule has 0 aromatic rings. The molecule has 2 saturated heterocycles. The van der Waals surface area contributed by atoms with Crippen molar-refractivity contribution < 1.29 is 67.7 Å². The average Bonchev–Trinajstić information content (AvgIpc) is 3.64. The molecule has 0 amide bonds. The first-order valence-electron chi connectivity index (χ1n) is 15.4. The van der Waals surface area contributed by atoms with E-state index in [0.29, 0.717) is 6.42 Å². The maximum absolute atomic E-state index is 13.5. The summed E-state index contributed by atoms with van der Waals surface area (Å²) in [6.45, 7) is 9.27. The molecular formula is C31H46O14. The van der Waals surface area contributed by atoms with Gasteiger partial charge in [0.2, 0.25) is 0 Å². The van der Waals surface area contributed by atoms with Crippen molar-refractivity contribution in [3.8, 4) is 0 Å². The fourth-order valence-corrected chi connectivity index (χ4v) is 8.17. The zero-order valence-corrected chi connectivity index (χ0v) is 26.9. The molecule has 12 atom stereocenters. The van der Waals surface area contributed by atoms with Crippen LogP contribution in [0.2, 0.25) is 0 Å². The Balaban J connectivity index is 1.83. The van der Waals surface area contributed by atoms with Crippen molar-refractivity contribution in [2.75, 3.05) is 19.8 Å². The Labute approximate surface area is 262 Å². The van der Waals surface area contributed by atoms with Gasteiger partial charge in [-0.3, -0.25) is 19.2 Å². The molecule has 254 valence electrons. The van der Waals surface area contributed by atoms with E-state index >= 15 is 0 Å². The van der Waals surface area contributed by atoms with Crippen molar-refractivity contribution in [3.05, 3.63) is 0 Å². The molecule has 4 aliphatic rings. The quantitative estimate of drug-likeness (QED) is 0.170. The minimum Gasteiger partial charge on any atom is -0.465 e. The van der Waals surface area contributed by atoms with Gasteiger partial charge in [-0.25, -0.2) is 4.79 Å². The number of cyclic esters (lactones) is 1. The first kappa shape index (κ1) is 35.1. The summed E-state index contributed by atoms with van der Waals surface area (Å²) in [6.07, 6.45) is -5.02. The second-order valence-electron chi connectivity index (χ2n) is 13.6. The highest BCUT2D eigenvalue weighted by atomic mass is 16.7. The van der Waals surface area contributed by atoms with Crippen LogP contribution in [0.25, 0.3) is 0 Å². The highest BCUT2D eigenvalue weighted by Gasteiger charge is 2.82. The Morgan fingerprint density at radius 1 is 1.07 bits per heavy atom. The number of hydrogen-bond donors (Lipinski definition) is 3. The van der Waals surface area contributed by atoms with E-state index < -0.39 is 94.2 Å². The Bertz CT molecular complexity index is 1190. The third kappa shape index (κ3) is 5.83. The third-order valence-corrected chi connectivity index (χ3v) is 11.0. The number of hydrogen-bond acceptors (Lipinski definition) is 14. The Morgan fingerprint density at radius 2 is 1.71 bits per heavy atom. The fraction of sp³-hybridized carbons (Fsp3) is 0.839. The maximum Gasteiger partial charge on any atom is 0.342 e. The van der Waals surface area contributed by atoms with Crippen LogP contribution in [-0.4, -0.2) is 107 Å². The van der Waals surface area contributed by atoms with Crippen LogP contribution < -0.4 is 0 Å². The molecule has 0 aromatic carbocycles. The molecule has 14 nitrogen and oxygen atoms in total. The number of epoxide rings is 1. The smallest absolute Gasteiger partial charge is 0.342 e. The van der Waals surface area contributed by atoms with Crippen LogP contribution in [0.4, 0.5) is 0 Å². The summed E-state index contributed by atoms with van der Waals surface area (Å²) in [6, 6.07) is 0. The molecule has 3 N–H and O–H groups in total. The van der Waals surface area contributed by atoms with E-state index in [4.69, 9.17) is 28.4 Å². The summed E-state index contributed by atoms with van der Waals surface area (Å²) in [5.74, 6) is -5.07. The van der Waals surface area contributed by atoms with Crippen molar-refractivity contribution in [1.29, 1.82) is 0 Å². The minimum atomic E-state index is -2.31. The van der Waals surface area contributed by atoms with E-state index in [2.05, 4.69) is 0 Å². The molecule has 2 saturated carbocycles. The highest BCUT2D eigenvalue weighted by molar-refractivity contribution is 5.80. The van der Waals surface area contributed by atoms with Crippen LogP contribution in [0.1, 0.15) is 74.1 Å². The zero-order chi connectivity index (χ0) is 33.7. The molecule has 4 rings (SSSR count). The van der Waals surface area contributed by atoms with E-state index in [1.165, 1.54) is 20.8 Å². The predicted molar refractivity (Wildman–Crippen MR) is 151 cm³/mol.